The molecule has 0 saturated carbocycles. The summed E-state index contributed by atoms with van der Waals surface area (Å²) in [5.41, 5.74) is 1.13. The molecule has 0 saturated heterocycles. The lowest BCUT2D eigenvalue weighted by atomic mass is 9.98. The van der Waals surface area contributed by atoms with Gasteiger partial charge < -0.3 is 4.74 Å². The van der Waals surface area contributed by atoms with Gasteiger partial charge in [0, 0.05) is 4.90 Å². The molecule has 0 heterocycles. The van der Waals surface area contributed by atoms with Gasteiger partial charge in [0.05, 0.1) is 22.1 Å². The Morgan fingerprint density at radius 2 is 2.00 bits per heavy atom. The van der Waals surface area contributed by atoms with Crippen LogP contribution in [-0.4, -0.2) is 22.7 Å². The van der Waals surface area contributed by atoms with Crippen LogP contribution in [0.3, 0.4) is 0 Å². The number of carbonyl (C=O) groups is 1. The van der Waals surface area contributed by atoms with Crippen LogP contribution >= 0.6 is 0 Å². The number of allylic oxidation sites excluding steroid dienone is 1. The highest BCUT2D eigenvalue weighted by molar-refractivity contribution is 7.94. The lowest BCUT2D eigenvalue weighted by Gasteiger charge is -2.23. The van der Waals surface area contributed by atoms with Crippen LogP contribution in [0.4, 0.5) is 4.79 Å². The van der Waals surface area contributed by atoms with E-state index in [4.69, 9.17) is 0 Å². The smallest absolute Gasteiger partial charge is 0.441 e. The first-order valence-electron chi connectivity index (χ1n) is 7.16. The number of ether oxygens (including phenoxy) is 1. The topological polar surface area (TPSA) is 55.7 Å². The van der Waals surface area contributed by atoms with Crippen LogP contribution in [0.2, 0.25) is 0 Å². The molecule has 1 aliphatic rings. The predicted octanol–water partition coefficient (Wildman–Crippen LogP) is 4.17. The third-order valence-corrected chi connectivity index (χ3v) is 6.42. The normalized spacial score (nSPS) is 19.0. The van der Waals surface area contributed by atoms with Gasteiger partial charge in [-0.3, -0.25) is 0 Å². The van der Waals surface area contributed by atoms with Crippen LogP contribution in [0.1, 0.15) is 32.6 Å². The first kappa shape index (κ1) is 15.8. The predicted molar refractivity (Wildman–Crippen MR) is 83.7 cm³/mol. The molecule has 5 heteroatoms. The Morgan fingerprint density at radius 3 is 2.57 bits per heavy atom. The van der Waals surface area contributed by atoms with E-state index in [-0.39, 0.29) is 5.25 Å². The maximum absolute atomic E-state index is 13.4. The number of nitrogens with zero attached hydrogens (tertiary/aromatic N) is 1. The minimum atomic E-state index is -2.88. The zero-order chi connectivity index (χ0) is 15.3. The zero-order valence-electron chi connectivity index (χ0n) is 12.5. The van der Waals surface area contributed by atoms with Crippen LogP contribution in [0.25, 0.3) is 0 Å². The van der Waals surface area contributed by atoms with E-state index in [0.29, 0.717) is 4.90 Å². The van der Waals surface area contributed by atoms with Gasteiger partial charge in [-0.1, -0.05) is 29.8 Å². The van der Waals surface area contributed by atoms with E-state index in [1.165, 1.54) is 7.11 Å². The molecule has 0 spiro atoms. The van der Waals surface area contributed by atoms with Crippen molar-refractivity contribution < 1.29 is 13.7 Å². The molecule has 21 heavy (non-hydrogen) atoms. The quantitative estimate of drug-likeness (QED) is 0.788. The van der Waals surface area contributed by atoms with Crippen molar-refractivity contribution in [3.63, 3.8) is 0 Å². The number of carbonyl (C=O) groups excluding carboxylic acids is 1. The van der Waals surface area contributed by atoms with Gasteiger partial charge in [-0.25, -0.2) is 9.00 Å². The van der Waals surface area contributed by atoms with Crippen molar-refractivity contribution in [3.05, 3.63) is 42.0 Å². The first-order valence-corrected chi connectivity index (χ1v) is 8.73. The molecule has 0 aliphatic heterocycles. The summed E-state index contributed by atoms with van der Waals surface area (Å²) in [6.07, 6.45) is 5.54. The Kier molecular flexibility index (Phi) is 5.17. The fourth-order valence-electron chi connectivity index (χ4n) is 2.54. The summed E-state index contributed by atoms with van der Waals surface area (Å²) in [5, 5.41) is -0.292. The number of hydrogen-bond acceptors (Lipinski definition) is 3. The highest BCUT2D eigenvalue weighted by Crippen LogP contribution is 2.29. The van der Waals surface area contributed by atoms with Gasteiger partial charge in [0.25, 0.3) is 0 Å². The molecular weight excluding hydrogens is 286 g/mol. The van der Waals surface area contributed by atoms with Crippen molar-refractivity contribution >= 4 is 15.8 Å². The summed E-state index contributed by atoms with van der Waals surface area (Å²) in [6, 6.07) is 8.99. The molecule has 1 aromatic carbocycles. The van der Waals surface area contributed by atoms with Crippen LogP contribution in [-0.2, 0) is 14.5 Å². The molecule has 0 N–H and O–H groups in total. The molecule has 0 fully saturated rings. The maximum Gasteiger partial charge on any atom is 0.441 e. The number of benzene rings is 1. The molecule has 0 radical (unpaired) electrons. The van der Waals surface area contributed by atoms with Gasteiger partial charge in [-0.2, -0.15) is 0 Å². The van der Waals surface area contributed by atoms with E-state index in [9.17, 15) is 9.00 Å². The molecule has 0 bridgehead atoms. The molecule has 114 valence electrons. The van der Waals surface area contributed by atoms with Crippen molar-refractivity contribution in [1.29, 1.82) is 0 Å². The van der Waals surface area contributed by atoms with Gasteiger partial charge in [0.2, 0.25) is 0 Å². The largest absolute Gasteiger partial charge is 0.451 e. The lowest BCUT2D eigenvalue weighted by molar-refractivity contribution is 0.183. The Balaban J connectivity index is 2.51. The third-order valence-electron chi connectivity index (χ3n) is 3.79. The molecule has 1 aromatic rings. The monoisotopic (exact) mass is 307 g/mol. The molecule has 4 nitrogen and oxygen atoms in total. The number of methoxy groups -OCH3 is 1. The Bertz CT molecular complexity index is 643. The van der Waals surface area contributed by atoms with Crippen molar-refractivity contribution in [1.82, 2.24) is 0 Å². The highest BCUT2D eigenvalue weighted by Gasteiger charge is 2.27. The van der Waals surface area contributed by atoms with Crippen molar-refractivity contribution in [2.75, 3.05) is 7.11 Å². The van der Waals surface area contributed by atoms with E-state index < -0.39 is 15.8 Å². The second kappa shape index (κ2) is 6.89. The van der Waals surface area contributed by atoms with Gasteiger partial charge in [0.1, 0.15) is 0 Å². The molecular formula is C16H21NO3S. The SMILES string of the molecule is COC(=O)N=S(=O)(c1ccccc1)C(C)C1=CCCCC1. The maximum atomic E-state index is 13.4. The van der Waals surface area contributed by atoms with Gasteiger partial charge in [-0.05, 0) is 44.7 Å². The van der Waals surface area contributed by atoms with Crippen molar-refractivity contribution in [3.8, 4) is 0 Å². The first-order chi connectivity index (χ1) is 10.1. The van der Waals surface area contributed by atoms with Crippen LogP contribution in [0.5, 0.6) is 0 Å². The van der Waals surface area contributed by atoms with Gasteiger partial charge in [0.15, 0.2) is 0 Å². The fraction of sp³-hybridized carbons (Fsp3) is 0.438. The minimum Gasteiger partial charge on any atom is -0.451 e. The zero-order valence-corrected chi connectivity index (χ0v) is 13.3. The molecule has 1 amide bonds. The van der Waals surface area contributed by atoms with Crippen molar-refractivity contribution in [2.24, 2.45) is 4.36 Å². The van der Waals surface area contributed by atoms with Crippen LogP contribution in [0, 0.1) is 0 Å². The van der Waals surface area contributed by atoms with E-state index in [2.05, 4.69) is 15.2 Å². The minimum absolute atomic E-state index is 0.292. The molecule has 1 aliphatic carbocycles. The van der Waals surface area contributed by atoms with Crippen LogP contribution in [0.15, 0.2) is 51.2 Å². The molecule has 2 rings (SSSR count). The van der Waals surface area contributed by atoms with E-state index in [1.807, 2.05) is 25.1 Å². The summed E-state index contributed by atoms with van der Waals surface area (Å²) < 4.78 is 21.9. The molecule has 2 unspecified atom stereocenters. The van der Waals surface area contributed by atoms with E-state index in [0.717, 1.165) is 31.3 Å². The highest BCUT2D eigenvalue weighted by atomic mass is 32.2. The molecule has 0 aromatic heterocycles. The summed E-state index contributed by atoms with van der Waals surface area (Å²) in [7, 11) is -1.62. The molecule has 2 atom stereocenters. The number of rotatable bonds is 3. The van der Waals surface area contributed by atoms with E-state index in [1.54, 1.807) is 12.1 Å². The average molecular weight is 307 g/mol. The van der Waals surface area contributed by atoms with Crippen LogP contribution < -0.4 is 0 Å². The van der Waals surface area contributed by atoms with E-state index >= 15 is 0 Å². The van der Waals surface area contributed by atoms with Gasteiger partial charge in [-0.15, -0.1) is 4.36 Å². The fourth-order valence-corrected chi connectivity index (χ4v) is 4.68. The summed E-state index contributed by atoms with van der Waals surface area (Å²) >= 11 is 0. The summed E-state index contributed by atoms with van der Waals surface area (Å²) in [6.45, 7) is 1.89. The lowest BCUT2D eigenvalue weighted by Crippen LogP contribution is -2.22. The standard InChI is InChI=1S/C16H21NO3S/c1-13(14-9-5-3-6-10-14)21(19,17-16(18)20-2)15-11-7-4-8-12-15/h4,7-9,11-13H,3,5-6,10H2,1-2H3. The van der Waals surface area contributed by atoms with Gasteiger partial charge >= 0.3 is 6.09 Å². The second-order valence-electron chi connectivity index (χ2n) is 5.11. The summed E-state index contributed by atoms with van der Waals surface area (Å²) in [4.78, 5) is 12.2. The van der Waals surface area contributed by atoms with Crippen molar-refractivity contribution in [2.45, 2.75) is 42.8 Å². The Morgan fingerprint density at radius 1 is 1.29 bits per heavy atom. The Labute approximate surface area is 126 Å². The number of hydrogen-bond donors (Lipinski definition) is 0. The second-order valence-corrected chi connectivity index (χ2v) is 7.61. The summed E-state index contributed by atoms with van der Waals surface area (Å²) in [5.74, 6) is 0. The number of amides is 1. The third kappa shape index (κ3) is 3.53. The average Bonchev–Trinajstić information content (AvgIpc) is 2.55. The Hall–Kier alpha value is -1.62.